The lowest BCUT2D eigenvalue weighted by Crippen LogP contribution is -2.17. The average molecular weight is 271 g/mol. The fourth-order valence-electron chi connectivity index (χ4n) is 1.04. The van der Waals surface area contributed by atoms with Gasteiger partial charge in [0.2, 0.25) is 0 Å². The maximum absolute atomic E-state index is 11.9. The molecule has 96 valence electrons. The number of halogens is 4. The number of rotatable bonds is 5. The maximum atomic E-state index is 11.9. The Bertz CT molecular complexity index is 368. The van der Waals surface area contributed by atoms with Crippen LogP contribution in [-0.2, 0) is 0 Å². The minimum atomic E-state index is -4.75. The zero-order chi connectivity index (χ0) is 12.9. The van der Waals surface area contributed by atoms with E-state index in [0.29, 0.717) is 6.42 Å². The Balaban J connectivity index is 2.66. The van der Waals surface area contributed by atoms with Crippen molar-refractivity contribution in [1.29, 1.82) is 0 Å². The number of ether oxygens (including phenoxy) is 2. The van der Waals surface area contributed by atoms with Crippen LogP contribution in [0.3, 0.4) is 0 Å². The summed E-state index contributed by atoms with van der Waals surface area (Å²) in [6.07, 6.45) is -4.33. The molecule has 0 heterocycles. The second-order valence-electron chi connectivity index (χ2n) is 3.07. The highest BCUT2D eigenvalue weighted by Gasteiger charge is 2.31. The summed E-state index contributed by atoms with van der Waals surface area (Å²) in [4.78, 5) is 0. The maximum Gasteiger partial charge on any atom is 0.573 e. The molecule has 0 aliphatic heterocycles. The first-order valence-corrected chi connectivity index (χ1v) is 5.09. The lowest BCUT2D eigenvalue weighted by molar-refractivity contribution is -0.274. The highest BCUT2D eigenvalue weighted by Crippen LogP contribution is 2.31. The number of benzene rings is 1. The van der Waals surface area contributed by atoms with Crippen molar-refractivity contribution in [2.24, 2.45) is 0 Å². The van der Waals surface area contributed by atoms with Crippen molar-refractivity contribution in [3.05, 3.63) is 23.2 Å². The van der Waals surface area contributed by atoms with Crippen LogP contribution in [-0.4, -0.2) is 24.7 Å². The van der Waals surface area contributed by atoms with E-state index in [1.54, 1.807) is 0 Å². The lowest BCUT2D eigenvalue weighted by Gasteiger charge is -2.11. The molecule has 0 fully saturated rings. The number of aliphatic hydroxyl groups excluding tert-OH is 1. The van der Waals surface area contributed by atoms with Crippen molar-refractivity contribution in [3.63, 3.8) is 0 Å². The van der Waals surface area contributed by atoms with Crippen LogP contribution in [0.15, 0.2) is 18.2 Å². The number of alkyl halides is 3. The fourth-order valence-corrected chi connectivity index (χ4v) is 1.27. The molecule has 0 aliphatic carbocycles. The Kier molecular flexibility index (Phi) is 4.89. The first-order chi connectivity index (χ1) is 7.92. The normalized spacial score (nSPS) is 11.4. The molecular weight excluding hydrogens is 261 g/mol. The van der Waals surface area contributed by atoms with Crippen molar-refractivity contribution >= 4 is 11.6 Å². The first kappa shape index (κ1) is 13.9. The van der Waals surface area contributed by atoms with Crippen LogP contribution < -0.4 is 9.47 Å². The molecule has 7 heteroatoms. The molecule has 0 aliphatic rings. The molecule has 0 spiro atoms. The zero-order valence-electron chi connectivity index (χ0n) is 8.63. The SMILES string of the molecule is OCCCOc1ccc(OC(F)(F)F)cc1Cl. The second kappa shape index (κ2) is 5.97. The Labute approximate surface area is 101 Å². The summed E-state index contributed by atoms with van der Waals surface area (Å²) >= 11 is 5.70. The molecule has 0 saturated heterocycles. The van der Waals surface area contributed by atoms with Gasteiger partial charge >= 0.3 is 6.36 Å². The molecule has 0 amide bonds. The summed E-state index contributed by atoms with van der Waals surface area (Å²) in [6, 6.07) is 3.40. The van der Waals surface area contributed by atoms with Gasteiger partial charge in [0.25, 0.3) is 0 Å². The van der Waals surface area contributed by atoms with Gasteiger partial charge in [-0.3, -0.25) is 0 Å². The van der Waals surface area contributed by atoms with Crippen molar-refractivity contribution in [2.75, 3.05) is 13.2 Å². The third-order valence-corrected chi connectivity index (χ3v) is 1.99. The average Bonchev–Trinajstić information content (AvgIpc) is 2.19. The molecule has 17 heavy (non-hydrogen) atoms. The molecule has 1 rings (SSSR count). The van der Waals surface area contributed by atoms with E-state index in [0.717, 1.165) is 12.1 Å². The van der Waals surface area contributed by atoms with Gasteiger partial charge in [0, 0.05) is 19.1 Å². The largest absolute Gasteiger partial charge is 0.573 e. The Morgan fingerprint density at radius 3 is 2.53 bits per heavy atom. The quantitative estimate of drug-likeness (QED) is 0.836. The lowest BCUT2D eigenvalue weighted by atomic mass is 10.3. The topological polar surface area (TPSA) is 38.7 Å². The molecule has 0 saturated carbocycles. The Hall–Kier alpha value is -1.14. The summed E-state index contributed by atoms with van der Waals surface area (Å²) < 4.78 is 44.5. The van der Waals surface area contributed by atoms with Crippen LogP contribution in [0, 0.1) is 0 Å². The molecule has 0 unspecified atom stereocenters. The van der Waals surface area contributed by atoms with Gasteiger partial charge in [0.1, 0.15) is 11.5 Å². The second-order valence-corrected chi connectivity index (χ2v) is 3.47. The predicted octanol–water partition coefficient (Wildman–Crippen LogP) is 3.00. The third-order valence-electron chi connectivity index (χ3n) is 1.70. The van der Waals surface area contributed by atoms with Gasteiger partial charge in [-0.25, -0.2) is 0 Å². The van der Waals surface area contributed by atoms with Gasteiger partial charge in [-0.2, -0.15) is 0 Å². The van der Waals surface area contributed by atoms with Crippen LogP contribution >= 0.6 is 11.6 Å². The van der Waals surface area contributed by atoms with Gasteiger partial charge in [-0.1, -0.05) is 11.6 Å². The third kappa shape index (κ3) is 5.14. The standard InChI is InChI=1S/C10H10ClF3O3/c11-8-6-7(17-10(12,13)14)2-3-9(8)16-5-1-4-15/h2-3,6,15H,1,4-5H2. The van der Waals surface area contributed by atoms with E-state index in [2.05, 4.69) is 4.74 Å². The molecule has 1 N–H and O–H groups in total. The van der Waals surface area contributed by atoms with Gasteiger partial charge < -0.3 is 14.6 Å². The summed E-state index contributed by atoms with van der Waals surface area (Å²) in [7, 11) is 0. The molecule has 0 aromatic heterocycles. The van der Waals surface area contributed by atoms with Gasteiger partial charge in [-0.15, -0.1) is 13.2 Å². The van der Waals surface area contributed by atoms with Crippen molar-refractivity contribution < 1.29 is 27.8 Å². The van der Waals surface area contributed by atoms with Crippen LogP contribution in [0.5, 0.6) is 11.5 Å². The van der Waals surface area contributed by atoms with Crippen molar-refractivity contribution in [3.8, 4) is 11.5 Å². The minimum Gasteiger partial charge on any atom is -0.492 e. The smallest absolute Gasteiger partial charge is 0.492 e. The number of hydrogen-bond acceptors (Lipinski definition) is 3. The first-order valence-electron chi connectivity index (χ1n) is 4.71. The summed E-state index contributed by atoms with van der Waals surface area (Å²) in [6.45, 7) is 0.197. The van der Waals surface area contributed by atoms with Crippen LogP contribution in [0.25, 0.3) is 0 Å². The molecular formula is C10H10ClF3O3. The summed E-state index contributed by atoms with van der Waals surface area (Å²) in [5.74, 6) is -0.161. The van der Waals surface area contributed by atoms with Gasteiger partial charge in [-0.05, 0) is 12.1 Å². The van der Waals surface area contributed by atoms with E-state index in [4.69, 9.17) is 21.4 Å². The highest BCUT2D eigenvalue weighted by molar-refractivity contribution is 6.32. The molecule has 0 atom stereocenters. The monoisotopic (exact) mass is 270 g/mol. The van der Waals surface area contributed by atoms with Gasteiger partial charge in [0.15, 0.2) is 0 Å². The molecule has 0 radical (unpaired) electrons. The zero-order valence-corrected chi connectivity index (χ0v) is 9.38. The van der Waals surface area contributed by atoms with Crippen LogP contribution in [0.2, 0.25) is 5.02 Å². The summed E-state index contributed by atoms with van der Waals surface area (Å²) in [5, 5.41) is 8.55. The minimum absolute atomic E-state index is 0.0182. The van der Waals surface area contributed by atoms with E-state index in [1.807, 2.05) is 0 Å². The molecule has 3 nitrogen and oxygen atoms in total. The molecule has 1 aromatic rings. The molecule has 0 bridgehead atoms. The predicted molar refractivity (Wildman–Crippen MR) is 55.3 cm³/mol. The summed E-state index contributed by atoms with van der Waals surface area (Å²) in [5.41, 5.74) is 0. The number of aliphatic hydroxyl groups is 1. The number of hydrogen-bond donors (Lipinski definition) is 1. The van der Waals surface area contributed by atoms with E-state index in [-0.39, 0.29) is 24.0 Å². The van der Waals surface area contributed by atoms with E-state index in [9.17, 15) is 13.2 Å². The van der Waals surface area contributed by atoms with Crippen molar-refractivity contribution in [1.82, 2.24) is 0 Å². The Morgan fingerprint density at radius 2 is 2.00 bits per heavy atom. The van der Waals surface area contributed by atoms with E-state index < -0.39 is 12.1 Å². The van der Waals surface area contributed by atoms with E-state index >= 15 is 0 Å². The van der Waals surface area contributed by atoms with Crippen molar-refractivity contribution in [2.45, 2.75) is 12.8 Å². The van der Waals surface area contributed by atoms with Crippen LogP contribution in [0.4, 0.5) is 13.2 Å². The Morgan fingerprint density at radius 1 is 1.29 bits per heavy atom. The van der Waals surface area contributed by atoms with Crippen LogP contribution in [0.1, 0.15) is 6.42 Å². The van der Waals surface area contributed by atoms with E-state index in [1.165, 1.54) is 6.07 Å². The molecule has 1 aromatic carbocycles. The van der Waals surface area contributed by atoms with Gasteiger partial charge in [0.05, 0.1) is 11.6 Å². The highest BCUT2D eigenvalue weighted by atomic mass is 35.5. The fraction of sp³-hybridized carbons (Fsp3) is 0.400.